The number of pyridine rings is 1. The first kappa shape index (κ1) is 32.4. The molecule has 3 aromatic heterocycles. The molecule has 1 aliphatic carbocycles. The molecule has 2 aliphatic rings. The summed E-state index contributed by atoms with van der Waals surface area (Å²) in [7, 11) is -10.6. The summed E-state index contributed by atoms with van der Waals surface area (Å²) >= 11 is 0. The standard InChI is InChI=1S/C22H29N7O13P2/c23-19-14-21(26-8-25-19)29(9-27-14)22-18(33)17(32)13(41-22)7-40-44(37,38)42-43(35,36)39-6-11-4-12(16(31)15(11)30)28-3-1-2-10(5-28)20(24)34/h1-3,5,8-9,11-13,15-18,22,30-33H,4,6-7H2,(H5-,23,24,25,26,34,35,36,37,38)/p+1/t11-,12-,13+,15-,16+,17+,18+,22+/m0/s1. The number of aliphatic hydroxyl groups excluding tert-OH is 4. The van der Waals surface area contributed by atoms with E-state index in [-0.39, 0.29) is 29.0 Å². The molecule has 4 heterocycles. The molecule has 10 atom stereocenters. The Kier molecular flexibility index (Phi) is 9.16. The molecular weight excluding hydrogens is 632 g/mol. The van der Waals surface area contributed by atoms with Crippen molar-refractivity contribution in [1.29, 1.82) is 0 Å². The molecule has 240 valence electrons. The van der Waals surface area contributed by atoms with Gasteiger partial charge in [0.2, 0.25) is 0 Å². The molecule has 1 saturated heterocycles. The predicted molar refractivity (Wildman–Crippen MR) is 143 cm³/mol. The number of imidazole rings is 1. The van der Waals surface area contributed by atoms with Crippen LogP contribution in [0.3, 0.4) is 0 Å². The van der Waals surface area contributed by atoms with Gasteiger partial charge in [-0.2, -0.15) is 8.88 Å². The largest absolute Gasteiger partial charge is 0.481 e. The number of nitrogen functional groups attached to an aromatic ring is 1. The van der Waals surface area contributed by atoms with Crippen LogP contribution < -0.4 is 16.0 Å². The number of nitrogens with two attached hydrogens (primary N) is 2. The van der Waals surface area contributed by atoms with Gasteiger partial charge in [-0.15, -0.1) is 0 Å². The molecule has 0 spiro atoms. The van der Waals surface area contributed by atoms with E-state index in [2.05, 4.69) is 19.3 Å². The molecule has 10 N–H and O–H groups in total. The minimum absolute atomic E-state index is 0.0216. The van der Waals surface area contributed by atoms with Crippen molar-refractivity contribution in [2.75, 3.05) is 18.9 Å². The lowest BCUT2D eigenvalue weighted by Gasteiger charge is -2.20. The Morgan fingerprint density at radius 1 is 1.05 bits per heavy atom. The number of rotatable bonds is 11. The van der Waals surface area contributed by atoms with Gasteiger partial charge in [-0.05, 0) is 6.07 Å². The molecule has 5 rings (SSSR count). The molecule has 1 aliphatic heterocycles. The lowest BCUT2D eigenvalue weighted by Crippen LogP contribution is -2.45. The van der Waals surface area contributed by atoms with E-state index in [0.717, 1.165) is 6.33 Å². The Hall–Kier alpha value is -2.97. The maximum absolute atomic E-state index is 12.5. The zero-order valence-electron chi connectivity index (χ0n) is 22.5. The number of aliphatic hydroxyl groups is 4. The normalized spacial score (nSPS) is 31.6. The third-order valence-corrected chi connectivity index (χ3v) is 9.92. The van der Waals surface area contributed by atoms with E-state index < -0.39 is 83.5 Å². The van der Waals surface area contributed by atoms with Gasteiger partial charge in [-0.25, -0.2) is 24.1 Å². The molecule has 0 radical (unpaired) electrons. The monoisotopic (exact) mass is 662 g/mol. The van der Waals surface area contributed by atoms with E-state index in [1.165, 1.54) is 40.0 Å². The molecule has 3 aromatic rings. The van der Waals surface area contributed by atoms with Crippen LogP contribution in [0, 0.1) is 5.92 Å². The van der Waals surface area contributed by atoms with Crippen LogP contribution in [0.2, 0.25) is 0 Å². The Morgan fingerprint density at radius 3 is 2.45 bits per heavy atom. The molecule has 0 bridgehead atoms. The van der Waals surface area contributed by atoms with Gasteiger partial charge in [0.25, 0.3) is 5.91 Å². The Labute approximate surface area is 247 Å². The van der Waals surface area contributed by atoms with Crippen molar-refractivity contribution in [3.8, 4) is 0 Å². The van der Waals surface area contributed by atoms with Gasteiger partial charge in [0.1, 0.15) is 41.8 Å². The number of hydrogen-bond acceptors (Lipinski definition) is 15. The van der Waals surface area contributed by atoms with E-state index in [0.29, 0.717) is 0 Å². The fourth-order valence-corrected chi connectivity index (χ4v) is 7.23. The third kappa shape index (κ3) is 6.66. The highest BCUT2D eigenvalue weighted by molar-refractivity contribution is 7.61. The van der Waals surface area contributed by atoms with Gasteiger partial charge in [0.05, 0.1) is 25.6 Å². The lowest BCUT2D eigenvalue weighted by atomic mass is 10.1. The Bertz CT molecular complexity index is 1630. The van der Waals surface area contributed by atoms with Crippen molar-refractivity contribution in [2.45, 2.75) is 49.2 Å². The second-order valence-electron chi connectivity index (χ2n) is 10.2. The van der Waals surface area contributed by atoms with Crippen LogP contribution >= 0.6 is 15.6 Å². The summed E-state index contributed by atoms with van der Waals surface area (Å²) in [6, 6.07) is 2.21. The van der Waals surface area contributed by atoms with Gasteiger partial charge in [-0.1, -0.05) is 0 Å². The number of aromatic nitrogens is 5. The zero-order valence-corrected chi connectivity index (χ0v) is 24.3. The van der Waals surface area contributed by atoms with E-state index in [4.69, 9.17) is 25.3 Å². The van der Waals surface area contributed by atoms with Crippen LogP contribution in [0.5, 0.6) is 0 Å². The fraction of sp³-hybridized carbons (Fsp3) is 0.500. The van der Waals surface area contributed by atoms with Crippen molar-refractivity contribution in [2.24, 2.45) is 11.7 Å². The molecule has 0 aromatic carbocycles. The first-order chi connectivity index (χ1) is 20.7. The number of phosphoric acid groups is 2. The minimum atomic E-state index is -5.33. The van der Waals surface area contributed by atoms with E-state index >= 15 is 0 Å². The lowest BCUT2D eigenvalue weighted by molar-refractivity contribution is -0.728. The van der Waals surface area contributed by atoms with Crippen LogP contribution in [-0.2, 0) is 27.2 Å². The van der Waals surface area contributed by atoms with Crippen LogP contribution in [0.1, 0.15) is 29.0 Å². The topological polar surface area (TPSA) is 309 Å². The molecular formula is C22H30N7O13P2+. The van der Waals surface area contributed by atoms with Gasteiger partial charge < -0.3 is 46.4 Å². The van der Waals surface area contributed by atoms with Gasteiger partial charge in [0, 0.05) is 18.4 Å². The number of amides is 1. The SMILES string of the molecule is NC(=O)c1ccc[n+]([C@H]2C[C@@H](COP(=O)(O)OP(=O)(O)OC[C@H]3O[C@@H](n4cnc5c(N)ncnc54)[C@H](O)[C@@H]3O)[C@H](O)[C@@H]2O)c1. The van der Waals surface area contributed by atoms with E-state index in [9.17, 15) is 44.1 Å². The molecule has 1 amide bonds. The van der Waals surface area contributed by atoms with Crippen molar-refractivity contribution in [3.63, 3.8) is 0 Å². The van der Waals surface area contributed by atoms with Crippen LogP contribution in [0.15, 0.2) is 37.2 Å². The van der Waals surface area contributed by atoms with Crippen molar-refractivity contribution < 1.29 is 66.8 Å². The summed E-state index contributed by atoms with van der Waals surface area (Å²) < 4.78 is 47.1. The second kappa shape index (κ2) is 12.4. The van der Waals surface area contributed by atoms with Gasteiger partial charge in [0.15, 0.2) is 36.1 Å². The highest BCUT2D eigenvalue weighted by Gasteiger charge is 2.49. The maximum Gasteiger partial charge on any atom is 0.481 e. The highest BCUT2D eigenvalue weighted by atomic mass is 31.3. The quantitative estimate of drug-likeness (QED) is 0.0787. The first-order valence-electron chi connectivity index (χ1n) is 12.9. The average molecular weight is 662 g/mol. The number of primary amides is 1. The van der Waals surface area contributed by atoms with Crippen molar-refractivity contribution in [1.82, 2.24) is 19.5 Å². The molecule has 2 unspecified atom stereocenters. The summed E-state index contributed by atoms with van der Waals surface area (Å²) in [6.45, 7) is -1.55. The van der Waals surface area contributed by atoms with E-state index in [1.54, 1.807) is 0 Å². The number of anilines is 1. The third-order valence-electron chi connectivity index (χ3n) is 7.32. The summed E-state index contributed by atoms with van der Waals surface area (Å²) in [5.74, 6) is -1.58. The van der Waals surface area contributed by atoms with Gasteiger partial charge >= 0.3 is 15.6 Å². The number of carbonyl (C=O) groups is 1. The van der Waals surface area contributed by atoms with Gasteiger partial charge in [-0.3, -0.25) is 18.4 Å². The zero-order chi connectivity index (χ0) is 32.0. The van der Waals surface area contributed by atoms with Crippen molar-refractivity contribution in [3.05, 3.63) is 42.7 Å². The second-order valence-corrected chi connectivity index (χ2v) is 13.2. The maximum atomic E-state index is 12.5. The number of ether oxygens (including phenoxy) is 1. The molecule has 1 saturated carbocycles. The van der Waals surface area contributed by atoms with Crippen molar-refractivity contribution >= 4 is 38.5 Å². The average Bonchev–Trinajstić information content (AvgIpc) is 3.61. The predicted octanol–water partition coefficient (Wildman–Crippen LogP) is -2.35. The minimum Gasteiger partial charge on any atom is -0.390 e. The summed E-state index contributed by atoms with van der Waals surface area (Å²) in [4.78, 5) is 43.5. The Morgan fingerprint density at radius 2 is 1.75 bits per heavy atom. The summed E-state index contributed by atoms with van der Waals surface area (Å²) in [6.07, 6.45) is -3.36. The molecule has 22 heteroatoms. The number of fused-ring (bicyclic) bond motifs is 1. The van der Waals surface area contributed by atoms with Crippen LogP contribution in [-0.4, -0.2) is 99.4 Å². The number of carbonyl (C=O) groups excluding carboxylic acids is 1. The number of nitrogens with zero attached hydrogens (tertiary/aromatic N) is 5. The summed E-state index contributed by atoms with van der Waals surface area (Å²) in [5.41, 5.74) is 11.6. The summed E-state index contributed by atoms with van der Waals surface area (Å²) in [5, 5.41) is 41.9. The number of phosphoric ester groups is 2. The molecule has 2 fully saturated rings. The highest BCUT2D eigenvalue weighted by Crippen LogP contribution is 2.61. The molecule has 20 nitrogen and oxygen atoms in total. The van der Waals surface area contributed by atoms with Crippen LogP contribution in [0.4, 0.5) is 5.82 Å². The van der Waals surface area contributed by atoms with Crippen LogP contribution in [0.25, 0.3) is 11.2 Å². The number of hydrogen-bond donors (Lipinski definition) is 8. The Balaban J connectivity index is 1.16. The molecule has 44 heavy (non-hydrogen) atoms. The smallest absolute Gasteiger partial charge is 0.390 e. The first-order valence-corrected chi connectivity index (χ1v) is 15.9. The fourth-order valence-electron chi connectivity index (χ4n) is 5.09. The van der Waals surface area contributed by atoms with E-state index in [1.807, 2.05) is 0 Å².